The third kappa shape index (κ3) is 2.99. The quantitative estimate of drug-likeness (QED) is 0.681. The van der Waals surface area contributed by atoms with E-state index in [-0.39, 0.29) is 24.0 Å². The topological polar surface area (TPSA) is 53.1 Å². The largest absolute Gasteiger partial charge is 0.461 e. The molecule has 3 fully saturated rings. The Bertz CT molecular complexity index is 448. The molecule has 0 unspecified atom stereocenters. The first-order chi connectivity index (χ1) is 10.5. The predicted octanol–water partition coefficient (Wildman–Crippen LogP) is 0.175. The van der Waals surface area contributed by atoms with E-state index in [1.54, 1.807) is 6.92 Å². The van der Waals surface area contributed by atoms with E-state index < -0.39 is 0 Å². The number of hydrogen-bond acceptors (Lipinski definition) is 5. The summed E-state index contributed by atoms with van der Waals surface area (Å²) in [6, 6.07) is 0.429. The molecule has 0 aliphatic carbocycles. The van der Waals surface area contributed by atoms with Crippen molar-refractivity contribution in [1.82, 2.24) is 14.7 Å². The predicted molar refractivity (Wildman–Crippen MR) is 82.3 cm³/mol. The van der Waals surface area contributed by atoms with Crippen molar-refractivity contribution in [1.29, 1.82) is 0 Å². The Morgan fingerprint density at radius 3 is 2.32 bits per heavy atom. The highest BCUT2D eigenvalue weighted by Gasteiger charge is 2.43. The lowest BCUT2D eigenvalue weighted by atomic mass is 10.0. The lowest BCUT2D eigenvalue weighted by Gasteiger charge is -2.39. The molecular weight excluding hydrogens is 282 g/mol. The number of carbonyl (C=O) groups excluding carboxylic acids is 2. The van der Waals surface area contributed by atoms with Gasteiger partial charge < -0.3 is 9.64 Å². The number of esters is 1. The van der Waals surface area contributed by atoms with Gasteiger partial charge in [0.25, 0.3) is 0 Å². The van der Waals surface area contributed by atoms with Crippen LogP contribution in [0.4, 0.5) is 0 Å². The van der Waals surface area contributed by atoms with E-state index in [4.69, 9.17) is 4.74 Å². The second-order valence-corrected chi connectivity index (χ2v) is 7.04. The van der Waals surface area contributed by atoms with Gasteiger partial charge in [-0.05, 0) is 12.8 Å². The van der Waals surface area contributed by atoms with Crippen molar-refractivity contribution in [2.45, 2.75) is 45.4 Å². The standard InChI is InChI=1S/C16H27N3O3/c1-11-9-19(14-8-12(2)22-16(14)21)10-15(11)18-6-4-17(5-7-18)13(3)20/h11-12,14-15H,4-10H2,1-3H3/t11-,12+,14+,15+/m0/s1. The average Bonchev–Trinajstić information content (AvgIpc) is 3.01. The summed E-state index contributed by atoms with van der Waals surface area (Å²) in [5.41, 5.74) is 0. The normalized spacial score (nSPS) is 37.6. The minimum Gasteiger partial charge on any atom is -0.461 e. The number of nitrogens with zero attached hydrogens (tertiary/aromatic N) is 3. The number of cyclic esters (lactones) is 1. The van der Waals surface area contributed by atoms with Gasteiger partial charge in [0.05, 0.1) is 0 Å². The van der Waals surface area contributed by atoms with Gasteiger partial charge in [0.15, 0.2) is 0 Å². The second kappa shape index (κ2) is 6.16. The van der Waals surface area contributed by atoms with Crippen LogP contribution in [0.15, 0.2) is 0 Å². The molecule has 0 aromatic carbocycles. The Balaban J connectivity index is 1.58. The van der Waals surface area contributed by atoms with Gasteiger partial charge in [-0.1, -0.05) is 6.92 Å². The van der Waals surface area contributed by atoms with Crippen molar-refractivity contribution in [3.8, 4) is 0 Å². The number of carbonyl (C=O) groups is 2. The number of rotatable bonds is 2. The van der Waals surface area contributed by atoms with E-state index in [1.165, 1.54) is 0 Å². The molecule has 3 saturated heterocycles. The summed E-state index contributed by atoms with van der Waals surface area (Å²) < 4.78 is 5.30. The molecule has 0 N–H and O–H groups in total. The molecule has 22 heavy (non-hydrogen) atoms. The van der Waals surface area contributed by atoms with Crippen LogP contribution in [0.5, 0.6) is 0 Å². The van der Waals surface area contributed by atoms with Gasteiger partial charge in [-0.3, -0.25) is 19.4 Å². The highest BCUT2D eigenvalue weighted by Crippen LogP contribution is 2.29. The maximum absolute atomic E-state index is 12.0. The number of likely N-dealkylation sites (tertiary alicyclic amines) is 1. The van der Waals surface area contributed by atoms with Gasteiger partial charge in [-0.2, -0.15) is 0 Å². The van der Waals surface area contributed by atoms with Crippen molar-refractivity contribution >= 4 is 11.9 Å². The van der Waals surface area contributed by atoms with Crippen LogP contribution in [-0.2, 0) is 14.3 Å². The Labute approximate surface area is 132 Å². The molecular formula is C16H27N3O3. The first-order valence-electron chi connectivity index (χ1n) is 8.40. The molecule has 1 amide bonds. The number of amides is 1. The number of piperazine rings is 1. The fourth-order valence-electron chi connectivity index (χ4n) is 4.12. The van der Waals surface area contributed by atoms with E-state index in [0.717, 1.165) is 45.7 Å². The Morgan fingerprint density at radius 1 is 1.09 bits per heavy atom. The van der Waals surface area contributed by atoms with Gasteiger partial charge in [0.2, 0.25) is 5.91 Å². The first-order valence-corrected chi connectivity index (χ1v) is 8.40. The van der Waals surface area contributed by atoms with Gasteiger partial charge in [0.1, 0.15) is 12.1 Å². The highest BCUT2D eigenvalue weighted by atomic mass is 16.6. The van der Waals surface area contributed by atoms with Crippen molar-refractivity contribution in [3.63, 3.8) is 0 Å². The lowest BCUT2D eigenvalue weighted by Crippen LogP contribution is -2.53. The van der Waals surface area contributed by atoms with Crippen LogP contribution in [0.25, 0.3) is 0 Å². The molecule has 0 saturated carbocycles. The molecule has 6 nitrogen and oxygen atoms in total. The van der Waals surface area contributed by atoms with Crippen LogP contribution < -0.4 is 0 Å². The maximum Gasteiger partial charge on any atom is 0.323 e. The molecule has 124 valence electrons. The lowest BCUT2D eigenvalue weighted by molar-refractivity contribution is -0.144. The zero-order valence-electron chi connectivity index (χ0n) is 13.8. The number of ether oxygens (including phenoxy) is 1. The van der Waals surface area contributed by atoms with Crippen LogP contribution in [0.1, 0.15) is 27.2 Å². The molecule has 3 heterocycles. The minimum absolute atomic E-state index is 0.0472. The highest BCUT2D eigenvalue weighted by molar-refractivity contribution is 5.78. The van der Waals surface area contributed by atoms with E-state index in [1.807, 2.05) is 11.8 Å². The van der Waals surface area contributed by atoms with Crippen LogP contribution in [0.3, 0.4) is 0 Å². The molecule has 3 aliphatic rings. The molecule has 0 spiro atoms. The molecule has 0 aromatic heterocycles. The van der Waals surface area contributed by atoms with Crippen molar-refractivity contribution in [2.75, 3.05) is 39.3 Å². The Morgan fingerprint density at radius 2 is 1.77 bits per heavy atom. The first kappa shape index (κ1) is 15.7. The van der Waals surface area contributed by atoms with Crippen LogP contribution in [-0.4, -0.2) is 84.0 Å². The third-order valence-corrected chi connectivity index (χ3v) is 5.41. The zero-order chi connectivity index (χ0) is 15.9. The zero-order valence-corrected chi connectivity index (χ0v) is 13.8. The third-order valence-electron chi connectivity index (χ3n) is 5.41. The molecule has 3 rings (SSSR count). The van der Waals surface area contributed by atoms with E-state index in [9.17, 15) is 9.59 Å². The molecule has 0 aromatic rings. The van der Waals surface area contributed by atoms with Gasteiger partial charge in [0, 0.05) is 58.7 Å². The van der Waals surface area contributed by atoms with E-state index >= 15 is 0 Å². The monoisotopic (exact) mass is 309 g/mol. The summed E-state index contributed by atoms with van der Waals surface area (Å²) in [6.45, 7) is 11.3. The smallest absolute Gasteiger partial charge is 0.323 e. The Kier molecular flexibility index (Phi) is 4.41. The summed E-state index contributed by atoms with van der Waals surface area (Å²) in [6.07, 6.45) is 0.863. The molecule has 0 radical (unpaired) electrons. The Hall–Kier alpha value is -1.14. The molecule has 3 aliphatic heterocycles. The van der Waals surface area contributed by atoms with Gasteiger partial charge in [-0.25, -0.2) is 0 Å². The summed E-state index contributed by atoms with van der Waals surface area (Å²) in [5, 5.41) is 0. The molecule has 4 atom stereocenters. The van der Waals surface area contributed by atoms with Crippen molar-refractivity contribution < 1.29 is 14.3 Å². The summed E-state index contributed by atoms with van der Waals surface area (Å²) in [7, 11) is 0. The van der Waals surface area contributed by atoms with E-state index in [2.05, 4.69) is 16.7 Å². The van der Waals surface area contributed by atoms with Crippen LogP contribution >= 0.6 is 0 Å². The molecule has 6 heteroatoms. The minimum atomic E-state index is -0.0547. The maximum atomic E-state index is 12.0. The SMILES string of the molecule is CC(=O)N1CCN([C@@H]2CN([C@@H]3C[C@@H](C)OC3=O)C[C@@H]2C)CC1. The summed E-state index contributed by atoms with van der Waals surface area (Å²) >= 11 is 0. The number of hydrogen-bond donors (Lipinski definition) is 0. The fraction of sp³-hybridized carbons (Fsp3) is 0.875. The molecule has 0 bridgehead atoms. The van der Waals surface area contributed by atoms with Gasteiger partial charge in [-0.15, -0.1) is 0 Å². The van der Waals surface area contributed by atoms with Crippen molar-refractivity contribution in [3.05, 3.63) is 0 Å². The summed E-state index contributed by atoms with van der Waals surface area (Å²) in [5.74, 6) is 0.665. The van der Waals surface area contributed by atoms with E-state index in [0.29, 0.717) is 12.0 Å². The second-order valence-electron chi connectivity index (χ2n) is 7.04. The van der Waals surface area contributed by atoms with Crippen LogP contribution in [0.2, 0.25) is 0 Å². The van der Waals surface area contributed by atoms with Gasteiger partial charge >= 0.3 is 5.97 Å². The van der Waals surface area contributed by atoms with Crippen molar-refractivity contribution in [2.24, 2.45) is 5.92 Å². The van der Waals surface area contributed by atoms with Crippen LogP contribution in [0, 0.1) is 5.92 Å². The average molecular weight is 309 g/mol. The summed E-state index contributed by atoms with van der Waals surface area (Å²) in [4.78, 5) is 30.1. The fourth-order valence-corrected chi connectivity index (χ4v) is 4.12.